The van der Waals surface area contributed by atoms with Crippen molar-refractivity contribution in [3.8, 4) is 0 Å². The SMILES string of the molecule is CCCCCCCCCCCCCCCCCCCCCCCCCCCCCC(=O)OCC(COC(=O)CCCCCCCCCCCC)OC(=O)CCCCCCCCCCCCCCCCCCCCCC. The maximum absolute atomic E-state index is 12.9. The molecule has 0 saturated heterocycles. The molecule has 6 nitrogen and oxygen atoms in total. The van der Waals surface area contributed by atoms with Crippen LogP contribution in [0, 0.1) is 0 Å². The van der Waals surface area contributed by atoms with Gasteiger partial charge in [-0.1, -0.05) is 367 Å². The van der Waals surface area contributed by atoms with Gasteiger partial charge in [0.1, 0.15) is 13.2 Å². The molecule has 446 valence electrons. The first kappa shape index (κ1) is 73.4. The molecule has 1 atom stereocenters. The van der Waals surface area contributed by atoms with Crippen molar-refractivity contribution in [2.75, 3.05) is 13.2 Å². The number of hydrogen-bond acceptors (Lipinski definition) is 6. The Morgan fingerprint density at radius 2 is 0.360 bits per heavy atom. The molecule has 0 saturated carbocycles. The molecule has 0 heterocycles. The fourth-order valence-electron chi connectivity index (χ4n) is 10.9. The lowest BCUT2D eigenvalue weighted by molar-refractivity contribution is -0.167. The van der Waals surface area contributed by atoms with Gasteiger partial charge in [0.2, 0.25) is 0 Å². The van der Waals surface area contributed by atoms with Gasteiger partial charge in [-0.2, -0.15) is 0 Å². The van der Waals surface area contributed by atoms with E-state index in [1.807, 2.05) is 0 Å². The average molecular weight is 1060 g/mol. The third-order valence-electron chi connectivity index (χ3n) is 16.1. The lowest BCUT2D eigenvalue weighted by Crippen LogP contribution is -2.30. The first-order chi connectivity index (χ1) is 37.0. The molecule has 0 aromatic rings. The van der Waals surface area contributed by atoms with E-state index < -0.39 is 6.10 Å². The van der Waals surface area contributed by atoms with Crippen LogP contribution in [0.4, 0.5) is 0 Å². The Morgan fingerprint density at radius 3 is 0.533 bits per heavy atom. The molecule has 0 rings (SSSR count). The summed E-state index contributed by atoms with van der Waals surface area (Å²) in [6.45, 7) is 6.72. The van der Waals surface area contributed by atoms with E-state index in [4.69, 9.17) is 14.2 Å². The van der Waals surface area contributed by atoms with Gasteiger partial charge in [0.25, 0.3) is 0 Å². The Bertz CT molecular complexity index is 1120. The second kappa shape index (κ2) is 64.9. The fourth-order valence-corrected chi connectivity index (χ4v) is 10.9. The van der Waals surface area contributed by atoms with E-state index in [1.165, 1.54) is 308 Å². The van der Waals surface area contributed by atoms with Gasteiger partial charge in [-0.15, -0.1) is 0 Å². The van der Waals surface area contributed by atoms with Gasteiger partial charge >= 0.3 is 17.9 Å². The molecule has 0 fully saturated rings. The molecule has 0 amide bonds. The monoisotopic (exact) mass is 1060 g/mol. The molecule has 0 aliphatic heterocycles. The molecule has 0 aromatic heterocycles. The number of esters is 3. The van der Waals surface area contributed by atoms with Crippen LogP contribution in [0.2, 0.25) is 0 Å². The minimum absolute atomic E-state index is 0.0606. The van der Waals surface area contributed by atoms with Gasteiger partial charge in [0, 0.05) is 19.3 Å². The second-order valence-electron chi connectivity index (χ2n) is 23.8. The van der Waals surface area contributed by atoms with Gasteiger partial charge in [-0.3, -0.25) is 14.4 Å². The van der Waals surface area contributed by atoms with Gasteiger partial charge in [0.15, 0.2) is 6.10 Å². The zero-order chi connectivity index (χ0) is 54.3. The number of carbonyl (C=O) groups excluding carboxylic acids is 3. The molecule has 0 bridgehead atoms. The summed E-state index contributed by atoms with van der Waals surface area (Å²) in [4.78, 5) is 38.3. The predicted molar refractivity (Wildman–Crippen MR) is 326 cm³/mol. The smallest absolute Gasteiger partial charge is 0.306 e. The fraction of sp³-hybridized carbons (Fsp3) is 0.957. The van der Waals surface area contributed by atoms with Crippen LogP contribution in [0.1, 0.15) is 406 Å². The molecule has 1 unspecified atom stereocenters. The summed E-state index contributed by atoms with van der Waals surface area (Å²) in [5.41, 5.74) is 0. The summed E-state index contributed by atoms with van der Waals surface area (Å²) in [7, 11) is 0. The van der Waals surface area contributed by atoms with Gasteiger partial charge in [-0.05, 0) is 19.3 Å². The highest BCUT2D eigenvalue weighted by Crippen LogP contribution is 2.19. The van der Waals surface area contributed by atoms with Crippen molar-refractivity contribution in [2.45, 2.75) is 412 Å². The van der Waals surface area contributed by atoms with Crippen LogP contribution < -0.4 is 0 Å². The molecule has 6 heteroatoms. The lowest BCUT2D eigenvalue weighted by atomic mass is 10.0. The normalized spacial score (nSPS) is 11.9. The first-order valence-corrected chi connectivity index (χ1v) is 34.5. The zero-order valence-corrected chi connectivity index (χ0v) is 51.4. The molecule has 0 aliphatic carbocycles. The molecular weight excluding hydrogens is 925 g/mol. The average Bonchev–Trinajstić information content (AvgIpc) is 3.41. The van der Waals surface area contributed by atoms with Crippen LogP contribution in [0.25, 0.3) is 0 Å². The van der Waals surface area contributed by atoms with Crippen LogP contribution in [-0.2, 0) is 28.6 Å². The number of hydrogen-bond donors (Lipinski definition) is 0. The van der Waals surface area contributed by atoms with Crippen molar-refractivity contribution >= 4 is 17.9 Å². The maximum atomic E-state index is 12.9. The maximum Gasteiger partial charge on any atom is 0.306 e. The van der Waals surface area contributed by atoms with E-state index >= 15 is 0 Å². The second-order valence-corrected chi connectivity index (χ2v) is 23.8. The molecule has 75 heavy (non-hydrogen) atoms. The molecule has 0 aromatic carbocycles. The Balaban J connectivity index is 4.10. The summed E-state index contributed by atoms with van der Waals surface area (Å²) in [6, 6.07) is 0. The Labute approximate surface area is 469 Å². The van der Waals surface area contributed by atoms with Crippen LogP contribution in [-0.4, -0.2) is 37.2 Å². The number of carbonyl (C=O) groups is 3. The highest BCUT2D eigenvalue weighted by Gasteiger charge is 2.19. The van der Waals surface area contributed by atoms with Gasteiger partial charge in [-0.25, -0.2) is 0 Å². The molecule has 0 aliphatic rings. The molecule has 0 N–H and O–H groups in total. The van der Waals surface area contributed by atoms with E-state index in [1.54, 1.807) is 0 Å². The topological polar surface area (TPSA) is 78.9 Å². The highest BCUT2D eigenvalue weighted by atomic mass is 16.6. The minimum atomic E-state index is -0.762. The van der Waals surface area contributed by atoms with Crippen molar-refractivity contribution in [1.29, 1.82) is 0 Å². The Kier molecular flexibility index (Phi) is 63.6. The van der Waals surface area contributed by atoms with Crippen molar-refractivity contribution in [3.05, 3.63) is 0 Å². The standard InChI is InChI=1S/C69H134O6/c1-4-7-10-13-16-19-22-24-26-28-30-32-33-34-35-36-37-38-40-41-43-45-47-50-53-56-59-62-68(71)74-65-66(64-73-67(70)61-58-55-52-49-21-18-15-12-9-6-3)75-69(72)63-60-57-54-51-48-46-44-42-39-31-29-27-25-23-20-17-14-11-8-5-2/h66H,4-65H2,1-3H3. The summed E-state index contributed by atoms with van der Waals surface area (Å²) in [5.74, 6) is -0.826. The van der Waals surface area contributed by atoms with Crippen LogP contribution >= 0.6 is 0 Å². The largest absolute Gasteiger partial charge is 0.462 e. The minimum Gasteiger partial charge on any atom is -0.462 e. The summed E-state index contributed by atoms with van der Waals surface area (Å²) in [5, 5.41) is 0. The van der Waals surface area contributed by atoms with E-state index in [9.17, 15) is 14.4 Å². The summed E-state index contributed by atoms with van der Waals surface area (Å²) in [6.07, 6.45) is 75.7. The van der Waals surface area contributed by atoms with Crippen molar-refractivity contribution in [1.82, 2.24) is 0 Å². The van der Waals surface area contributed by atoms with E-state index in [0.29, 0.717) is 19.3 Å². The first-order valence-electron chi connectivity index (χ1n) is 34.5. The quantitative estimate of drug-likeness (QED) is 0.0343. The summed E-state index contributed by atoms with van der Waals surface area (Å²) < 4.78 is 16.9. The number of rotatable bonds is 65. The number of unbranched alkanes of at least 4 members (excludes halogenated alkanes) is 54. The van der Waals surface area contributed by atoms with Gasteiger partial charge < -0.3 is 14.2 Å². The van der Waals surface area contributed by atoms with Crippen molar-refractivity contribution < 1.29 is 28.6 Å². The van der Waals surface area contributed by atoms with E-state index in [-0.39, 0.29) is 31.1 Å². The lowest BCUT2D eigenvalue weighted by Gasteiger charge is -2.18. The molecular formula is C69H134O6. The molecule has 0 spiro atoms. The Morgan fingerprint density at radius 1 is 0.213 bits per heavy atom. The summed E-state index contributed by atoms with van der Waals surface area (Å²) >= 11 is 0. The van der Waals surface area contributed by atoms with Crippen LogP contribution in [0.3, 0.4) is 0 Å². The van der Waals surface area contributed by atoms with E-state index in [0.717, 1.165) is 57.8 Å². The Hall–Kier alpha value is -1.59. The highest BCUT2D eigenvalue weighted by molar-refractivity contribution is 5.71. The van der Waals surface area contributed by atoms with Crippen LogP contribution in [0.15, 0.2) is 0 Å². The molecule has 0 radical (unpaired) electrons. The van der Waals surface area contributed by atoms with Crippen molar-refractivity contribution in [2.24, 2.45) is 0 Å². The zero-order valence-electron chi connectivity index (χ0n) is 51.4. The van der Waals surface area contributed by atoms with Crippen LogP contribution in [0.5, 0.6) is 0 Å². The number of ether oxygens (including phenoxy) is 3. The van der Waals surface area contributed by atoms with E-state index in [2.05, 4.69) is 20.8 Å². The van der Waals surface area contributed by atoms with Gasteiger partial charge in [0.05, 0.1) is 0 Å². The third kappa shape index (κ3) is 63.1. The van der Waals surface area contributed by atoms with Crippen molar-refractivity contribution in [3.63, 3.8) is 0 Å². The predicted octanol–water partition coefficient (Wildman–Crippen LogP) is 23.5. The third-order valence-corrected chi connectivity index (χ3v) is 16.1.